The summed E-state index contributed by atoms with van der Waals surface area (Å²) in [5.74, 6) is 1.86. The van der Waals surface area contributed by atoms with Crippen molar-refractivity contribution in [3.63, 3.8) is 0 Å². The van der Waals surface area contributed by atoms with Crippen LogP contribution in [0.25, 0.3) is 5.57 Å². The van der Waals surface area contributed by atoms with Crippen molar-refractivity contribution in [1.29, 1.82) is 0 Å². The molecule has 0 atom stereocenters. The molecule has 2 N–H and O–H groups in total. The van der Waals surface area contributed by atoms with Crippen molar-refractivity contribution in [1.82, 2.24) is 14.5 Å². The van der Waals surface area contributed by atoms with E-state index in [0.29, 0.717) is 11.5 Å². The average Bonchev–Trinajstić information content (AvgIpc) is 3.20. The molecule has 2 aromatic carbocycles. The fraction of sp³-hybridized carbons (Fsp3) is 0.370. The van der Waals surface area contributed by atoms with Gasteiger partial charge in [0.1, 0.15) is 5.82 Å². The second-order valence-electron chi connectivity index (χ2n) is 8.89. The number of hydrogen-bond acceptors (Lipinski definition) is 6. The fourth-order valence-corrected chi connectivity index (χ4v) is 5.20. The Bertz CT molecular complexity index is 1200. The highest BCUT2D eigenvalue weighted by Gasteiger charge is 2.26. The van der Waals surface area contributed by atoms with Gasteiger partial charge in [-0.15, -0.1) is 0 Å². The maximum Gasteiger partial charge on any atom is 0.200 e. The van der Waals surface area contributed by atoms with Crippen LogP contribution < -0.4 is 9.47 Å². The molecule has 0 radical (unpaired) electrons. The molecule has 1 saturated heterocycles. The Balaban J connectivity index is 1.43. The molecular weight excluding hydrogens is 430 g/mol. The summed E-state index contributed by atoms with van der Waals surface area (Å²) in [6.45, 7) is 3.45. The number of ether oxygens (including phenoxy) is 2. The third-order valence-corrected chi connectivity index (χ3v) is 6.97. The second-order valence-corrected chi connectivity index (χ2v) is 8.89. The predicted molar refractivity (Wildman–Crippen MR) is 130 cm³/mol. The monoisotopic (exact) mass is 461 g/mol. The number of likely N-dealkylation sites (tertiary alicyclic amines) is 1. The molecule has 1 aromatic heterocycles. The van der Waals surface area contributed by atoms with Crippen LogP contribution in [0.15, 0.2) is 48.2 Å². The van der Waals surface area contributed by atoms with Crippen LogP contribution in [0.2, 0.25) is 0 Å². The van der Waals surface area contributed by atoms with Gasteiger partial charge in [-0.3, -0.25) is 4.90 Å². The van der Waals surface area contributed by atoms with Crippen LogP contribution >= 0.6 is 0 Å². The number of piperidine rings is 1. The lowest BCUT2D eigenvalue weighted by Crippen LogP contribution is -2.30. The Labute approximate surface area is 199 Å². The summed E-state index contributed by atoms with van der Waals surface area (Å²) >= 11 is 0. The Morgan fingerprint density at radius 2 is 1.68 bits per heavy atom. The molecule has 34 heavy (non-hydrogen) atoms. The number of imidazole rings is 1. The molecule has 0 unspecified atom stereocenters. The Kier molecular flexibility index (Phi) is 6.30. The second kappa shape index (κ2) is 9.52. The van der Waals surface area contributed by atoms with Crippen molar-refractivity contribution in [2.24, 2.45) is 0 Å². The molecule has 7 heteroatoms. The van der Waals surface area contributed by atoms with Crippen molar-refractivity contribution >= 4 is 5.57 Å². The van der Waals surface area contributed by atoms with E-state index in [4.69, 9.17) is 14.5 Å². The minimum absolute atomic E-state index is 0.000703. The number of aliphatic hydroxyl groups is 1. The average molecular weight is 462 g/mol. The van der Waals surface area contributed by atoms with E-state index in [-0.39, 0.29) is 12.4 Å². The van der Waals surface area contributed by atoms with E-state index in [1.807, 2.05) is 18.3 Å². The standard InChI is InChI=1S/C27H31N3O4/c1-33-23-13-18(14-24(34-2)26(23)32)16-29-10-7-20(8-11-29)25-22-6-4-3-5-19(22)9-12-30-21(17-31)15-28-27(25)30/h3-6,13-15,31-32H,7-12,16-17H2,1-2H3. The van der Waals surface area contributed by atoms with Crippen molar-refractivity contribution in [2.75, 3.05) is 27.3 Å². The third kappa shape index (κ3) is 4.06. The first-order valence-electron chi connectivity index (χ1n) is 11.7. The minimum atomic E-state index is -0.000703. The zero-order chi connectivity index (χ0) is 23.7. The maximum atomic E-state index is 10.2. The molecule has 2 aliphatic heterocycles. The lowest BCUT2D eigenvalue weighted by molar-refractivity contribution is 0.247. The number of aliphatic hydroxyl groups excluding tert-OH is 1. The lowest BCUT2D eigenvalue weighted by atomic mass is 9.90. The first kappa shape index (κ1) is 22.5. The quantitative estimate of drug-likeness (QED) is 0.603. The third-order valence-electron chi connectivity index (χ3n) is 6.97. The normalized spacial score (nSPS) is 16.1. The molecular formula is C27H31N3O4. The van der Waals surface area contributed by atoms with Crippen LogP contribution in [0.1, 0.15) is 41.1 Å². The van der Waals surface area contributed by atoms with Crippen LogP contribution in [0, 0.1) is 0 Å². The van der Waals surface area contributed by atoms with Crippen molar-refractivity contribution in [2.45, 2.75) is 39.0 Å². The van der Waals surface area contributed by atoms with Gasteiger partial charge >= 0.3 is 0 Å². The van der Waals surface area contributed by atoms with Crippen LogP contribution in [0.5, 0.6) is 17.2 Å². The SMILES string of the molecule is COc1cc(CN2CCC(=C3c4ccccc4CCn4c(CO)cnc43)CC2)cc(OC)c1O. The number of nitrogens with zero attached hydrogens (tertiary/aromatic N) is 3. The van der Waals surface area contributed by atoms with Crippen LogP contribution in [0.4, 0.5) is 0 Å². The number of phenols is 1. The van der Waals surface area contributed by atoms with Gasteiger partial charge < -0.3 is 24.3 Å². The molecule has 0 spiro atoms. The van der Waals surface area contributed by atoms with Gasteiger partial charge in [-0.1, -0.05) is 29.8 Å². The number of methoxy groups -OCH3 is 2. The maximum absolute atomic E-state index is 10.2. The summed E-state index contributed by atoms with van der Waals surface area (Å²) in [5.41, 5.74) is 7.18. The van der Waals surface area contributed by atoms with Gasteiger partial charge in [-0.2, -0.15) is 0 Å². The molecule has 2 aliphatic rings. The van der Waals surface area contributed by atoms with Gasteiger partial charge in [0.05, 0.1) is 32.7 Å². The van der Waals surface area contributed by atoms with Gasteiger partial charge in [0.25, 0.3) is 0 Å². The van der Waals surface area contributed by atoms with E-state index >= 15 is 0 Å². The molecule has 0 aliphatic carbocycles. The predicted octanol–water partition coefficient (Wildman–Crippen LogP) is 3.75. The highest BCUT2D eigenvalue weighted by molar-refractivity contribution is 5.81. The van der Waals surface area contributed by atoms with Crippen LogP contribution in [0.3, 0.4) is 0 Å². The van der Waals surface area contributed by atoms with Crippen LogP contribution in [-0.2, 0) is 26.1 Å². The zero-order valence-corrected chi connectivity index (χ0v) is 19.8. The van der Waals surface area contributed by atoms with Gasteiger partial charge in [0.2, 0.25) is 5.75 Å². The Hall–Kier alpha value is -3.29. The highest BCUT2D eigenvalue weighted by atomic mass is 16.5. The van der Waals surface area contributed by atoms with E-state index in [0.717, 1.165) is 62.5 Å². The number of aromatic nitrogens is 2. The smallest absolute Gasteiger partial charge is 0.200 e. The van der Waals surface area contributed by atoms with E-state index in [1.54, 1.807) is 14.2 Å². The zero-order valence-electron chi connectivity index (χ0n) is 19.8. The Morgan fingerprint density at radius 3 is 2.35 bits per heavy atom. The molecule has 1 fully saturated rings. The fourth-order valence-electron chi connectivity index (χ4n) is 5.20. The van der Waals surface area contributed by atoms with Crippen molar-refractivity contribution in [3.8, 4) is 17.2 Å². The number of hydrogen-bond donors (Lipinski definition) is 2. The number of benzene rings is 2. The summed E-state index contributed by atoms with van der Waals surface area (Å²) in [7, 11) is 3.10. The molecule has 3 aromatic rings. The van der Waals surface area contributed by atoms with E-state index in [9.17, 15) is 10.2 Å². The summed E-state index contributed by atoms with van der Waals surface area (Å²) in [6.07, 6.45) is 4.65. The number of aryl methyl sites for hydroxylation is 1. The molecule has 0 amide bonds. The summed E-state index contributed by atoms with van der Waals surface area (Å²) in [5, 5.41) is 20.0. The van der Waals surface area contributed by atoms with Crippen molar-refractivity contribution in [3.05, 3.63) is 76.4 Å². The molecule has 3 heterocycles. The Morgan fingerprint density at radius 1 is 0.971 bits per heavy atom. The van der Waals surface area contributed by atoms with Gasteiger partial charge in [-0.05, 0) is 48.1 Å². The lowest BCUT2D eigenvalue weighted by Gasteiger charge is -2.30. The number of fused-ring (bicyclic) bond motifs is 2. The molecule has 7 nitrogen and oxygen atoms in total. The summed E-state index contributed by atoms with van der Waals surface area (Å²) in [4.78, 5) is 7.18. The van der Waals surface area contributed by atoms with Crippen molar-refractivity contribution < 1.29 is 19.7 Å². The summed E-state index contributed by atoms with van der Waals surface area (Å²) < 4.78 is 12.8. The first-order chi connectivity index (χ1) is 16.6. The number of phenolic OH excluding ortho intramolecular Hbond substituents is 1. The van der Waals surface area contributed by atoms with Gasteiger partial charge in [0, 0.05) is 31.8 Å². The minimum Gasteiger partial charge on any atom is -0.502 e. The van der Waals surface area contributed by atoms with Gasteiger partial charge in [0.15, 0.2) is 11.5 Å². The van der Waals surface area contributed by atoms with Crippen LogP contribution in [-0.4, -0.2) is 52.0 Å². The number of rotatable bonds is 5. The van der Waals surface area contributed by atoms with E-state index in [2.05, 4.69) is 33.7 Å². The van der Waals surface area contributed by atoms with E-state index < -0.39 is 0 Å². The van der Waals surface area contributed by atoms with E-state index in [1.165, 1.54) is 22.3 Å². The molecule has 0 bridgehead atoms. The first-order valence-corrected chi connectivity index (χ1v) is 11.7. The topological polar surface area (TPSA) is 80.0 Å². The van der Waals surface area contributed by atoms with Gasteiger partial charge in [-0.25, -0.2) is 4.98 Å². The summed E-state index contributed by atoms with van der Waals surface area (Å²) in [6, 6.07) is 12.4. The number of aromatic hydroxyl groups is 1. The molecule has 5 rings (SSSR count). The highest BCUT2D eigenvalue weighted by Crippen LogP contribution is 2.39. The largest absolute Gasteiger partial charge is 0.502 e. The molecule has 178 valence electrons. The molecule has 0 saturated carbocycles.